The Bertz CT molecular complexity index is 455. The normalized spacial score (nSPS) is 13.7. The molecule has 19 heavy (non-hydrogen) atoms. The molecule has 0 saturated heterocycles. The molecule has 0 aromatic heterocycles. The number of hydrogen-bond donors (Lipinski definition) is 2. The van der Waals surface area contributed by atoms with Crippen LogP contribution in [-0.4, -0.2) is 25.0 Å². The molecular weight excluding hydrogens is 238 g/mol. The van der Waals surface area contributed by atoms with E-state index in [1.165, 1.54) is 5.56 Å². The number of benzene rings is 1. The number of rotatable bonds is 5. The molecule has 1 aromatic rings. The molecule has 1 heterocycles. The minimum absolute atomic E-state index is 0.101. The molecule has 2 rings (SSSR count). The third kappa shape index (κ3) is 3.19. The molecule has 0 spiro atoms. The van der Waals surface area contributed by atoms with E-state index in [0.29, 0.717) is 6.54 Å². The second-order valence-electron chi connectivity index (χ2n) is 5.14. The predicted octanol–water partition coefficient (Wildman–Crippen LogP) is 1.94. The SMILES string of the molecule is CCC(CC)NC(=O)CN1CCc2ccc(N)cc21. The maximum atomic E-state index is 12.0. The molecule has 0 unspecified atom stereocenters. The first-order chi connectivity index (χ1) is 9.13. The number of nitrogen functional groups attached to an aromatic ring is 1. The summed E-state index contributed by atoms with van der Waals surface area (Å²) in [4.78, 5) is 14.2. The Balaban J connectivity index is 1.99. The fourth-order valence-corrected chi connectivity index (χ4v) is 2.57. The van der Waals surface area contributed by atoms with Crippen LogP contribution < -0.4 is 16.0 Å². The smallest absolute Gasteiger partial charge is 0.239 e. The van der Waals surface area contributed by atoms with Crippen LogP contribution in [0.5, 0.6) is 0 Å². The molecule has 104 valence electrons. The molecule has 1 aromatic carbocycles. The van der Waals surface area contributed by atoms with Crippen molar-refractivity contribution in [2.75, 3.05) is 23.7 Å². The van der Waals surface area contributed by atoms with Gasteiger partial charge in [-0.05, 0) is 37.0 Å². The third-order valence-corrected chi connectivity index (χ3v) is 3.79. The van der Waals surface area contributed by atoms with E-state index in [1.54, 1.807) is 0 Å². The molecular formula is C15H23N3O. The summed E-state index contributed by atoms with van der Waals surface area (Å²) >= 11 is 0. The number of nitrogens with zero attached hydrogens (tertiary/aromatic N) is 1. The van der Waals surface area contributed by atoms with E-state index in [2.05, 4.69) is 30.1 Å². The minimum Gasteiger partial charge on any atom is -0.399 e. The van der Waals surface area contributed by atoms with Gasteiger partial charge in [0, 0.05) is 24.0 Å². The number of nitrogens with two attached hydrogens (primary N) is 1. The van der Waals surface area contributed by atoms with Crippen molar-refractivity contribution in [3.63, 3.8) is 0 Å². The Kier molecular flexibility index (Phi) is 4.30. The summed E-state index contributed by atoms with van der Waals surface area (Å²) in [7, 11) is 0. The lowest BCUT2D eigenvalue weighted by molar-refractivity contribution is -0.120. The standard InChI is InChI=1S/C15H23N3O/c1-3-13(4-2)17-15(19)10-18-8-7-11-5-6-12(16)9-14(11)18/h5-6,9,13H,3-4,7-8,10,16H2,1-2H3,(H,17,19). The van der Waals surface area contributed by atoms with Gasteiger partial charge >= 0.3 is 0 Å². The highest BCUT2D eigenvalue weighted by molar-refractivity contribution is 5.83. The third-order valence-electron chi connectivity index (χ3n) is 3.79. The number of hydrogen-bond acceptors (Lipinski definition) is 3. The molecule has 0 aliphatic carbocycles. The molecule has 0 saturated carbocycles. The molecule has 4 nitrogen and oxygen atoms in total. The van der Waals surface area contributed by atoms with Crippen LogP contribution in [0.1, 0.15) is 32.3 Å². The van der Waals surface area contributed by atoms with Gasteiger partial charge in [-0.3, -0.25) is 4.79 Å². The predicted molar refractivity (Wildman–Crippen MR) is 79.3 cm³/mol. The van der Waals surface area contributed by atoms with Crippen molar-refractivity contribution >= 4 is 17.3 Å². The molecule has 1 aliphatic heterocycles. The van der Waals surface area contributed by atoms with Crippen LogP contribution in [0.25, 0.3) is 0 Å². The molecule has 4 heteroatoms. The van der Waals surface area contributed by atoms with Crippen molar-refractivity contribution in [3.8, 4) is 0 Å². The van der Waals surface area contributed by atoms with Crippen LogP contribution in [0.3, 0.4) is 0 Å². The largest absolute Gasteiger partial charge is 0.399 e. The zero-order chi connectivity index (χ0) is 13.8. The van der Waals surface area contributed by atoms with Gasteiger partial charge in [0.15, 0.2) is 0 Å². The second-order valence-corrected chi connectivity index (χ2v) is 5.14. The van der Waals surface area contributed by atoms with Crippen LogP contribution >= 0.6 is 0 Å². The van der Waals surface area contributed by atoms with Crippen molar-refractivity contribution in [2.24, 2.45) is 0 Å². The molecule has 0 radical (unpaired) electrons. The first-order valence-corrected chi connectivity index (χ1v) is 7.06. The first-order valence-electron chi connectivity index (χ1n) is 7.06. The summed E-state index contributed by atoms with van der Waals surface area (Å²) < 4.78 is 0. The van der Waals surface area contributed by atoms with E-state index in [9.17, 15) is 4.79 Å². The zero-order valence-corrected chi connectivity index (χ0v) is 11.8. The first kappa shape index (κ1) is 13.7. The summed E-state index contributed by atoms with van der Waals surface area (Å²) in [5.74, 6) is 0.101. The Morgan fingerprint density at radius 1 is 1.42 bits per heavy atom. The van der Waals surface area contributed by atoms with Crippen LogP contribution in [0, 0.1) is 0 Å². The van der Waals surface area contributed by atoms with Crippen molar-refractivity contribution < 1.29 is 4.79 Å². The summed E-state index contributed by atoms with van der Waals surface area (Å²) in [5, 5.41) is 3.08. The fourth-order valence-electron chi connectivity index (χ4n) is 2.57. The average Bonchev–Trinajstić information content (AvgIpc) is 2.78. The monoisotopic (exact) mass is 261 g/mol. The van der Waals surface area contributed by atoms with E-state index < -0.39 is 0 Å². The van der Waals surface area contributed by atoms with E-state index in [0.717, 1.165) is 37.2 Å². The van der Waals surface area contributed by atoms with Crippen LogP contribution in [-0.2, 0) is 11.2 Å². The number of carbonyl (C=O) groups excluding carboxylic acids is 1. The lowest BCUT2D eigenvalue weighted by Crippen LogP contribution is -2.41. The molecule has 0 atom stereocenters. The number of fused-ring (bicyclic) bond motifs is 1. The minimum atomic E-state index is 0.101. The van der Waals surface area contributed by atoms with Crippen LogP contribution in [0.4, 0.5) is 11.4 Å². The topological polar surface area (TPSA) is 58.4 Å². The average molecular weight is 261 g/mol. The fraction of sp³-hybridized carbons (Fsp3) is 0.533. The van der Waals surface area contributed by atoms with E-state index in [4.69, 9.17) is 5.73 Å². The van der Waals surface area contributed by atoms with E-state index in [1.807, 2.05) is 12.1 Å². The Morgan fingerprint density at radius 2 is 2.16 bits per heavy atom. The van der Waals surface area contributed by atoms with Gasteiger partial charge in [0.1, 0.15) is 0 Å². The number of anilines is 2. The number of carbonyl (C=O) groups is 1. The highest BCUT2D eigenvalue weighted by Crippen LogP contribution is 2.29. The zero-order valence-electron chi connectivity index (χ0n) is 11.8. The van der Waals surface area contributed by atoms with Gasteiger partial charge in [-0.15, -0.1) is 0 Å². The van der Waals surface area contributed by atoms with Gasteiger partial charge in [0.2, 0.25) is 5.91 Å². The van der Waals surface area contributed by atoms with Crippen molar-refractivity contribution in [2.45, 2.75) is 39.2 Å². The maximum absolute atomic E-state index is 12.0. The second kappa shape index (κ2) is 5.95. The molecule has 3 N–H and O–H groups in total. The quantitative estimate of drug-likeness (QED) is 0.796. The van der Waals surface area contributed by atoms with Gasteiger partial charge in [-0.25, -0.2) is 0 Å². The van der Waals surface area contributed by atoms with Crippen LogP contribution in [0.15, 0.2) is 18.2 Å². The highest BCUT2D eigenvalue weighted by Gasteiger charge is 2.21. The Labute approximate surface area is 115 Å². The summed E-state index contributed by atoms with van der Waals surface area (Å²) in [6.07, 6.45) is 2.95. The van der Waals surface area contributed by atoms with Gasteiger partial charge in [0.05, 0.1) is 6.54 Å². The number of nitrogens with one attached hydrogen (secondary N) is 1. The van der Waals surface area contributed by atoms with Gasteiger partial charge in [-0.2, -0.15) is 0 Å². The molecule has 0 bridgehead atoms. The summed E-state index contributed by atoms with van der Waals surface area (Å²) in [6, 6.07) is 6.23. The maximum Gasteiger partial charge on any atom is 0.239 e. The lowest BCUT2D eigenvalue weighted by atomic mass is 10.1. The highest BCUT2D eigenvalue weighted by atomic mass is 16.2. The van der Waals surface area contributed by atoms with Gasteiger partial charge < -0.3 is 16.0 Å². The van der Waals surface area contributed by atoms with Gasteiger partial charge in [-0.1, -0.05) is 19.9 Å². The van der Waals surface area contributed by atoms with Crippen molar-refractivity contribution in [1.82, 2.24) is 5.32 Å². The molecule has 1 aliphatic rings. The van der Waals surface area contributed by atoms with Gasteiger partial charge in [0.25, 0.3) is 0 Å². The van der Waals surface area contributed by atoms with E-state index >= 15 is 0 Å². The van der Waals surface area contributed by atoms with Crippen LogP contribution in [0.2, 0.25) is 0 Å². The Morgan fingerprint density at radius 3 is 2.84 bits per heavy atom. The summed E-state index contributed by atoms with van der Waals surface area (Å²) in [5.41, 5.74) is 8.97. The van der Waals surface area contributed by atoms with Crippen molar-refractivity contribution in [1.29, 1.82) is 0 Å². The van der Waals surface area contributed by atoms with E-state index in [-0.39, 0.29) is 11.9 Å². The lowest BCUT2D eigenvalue weighted by Gasteiger charge is -2.21. The Hall–Kier alpha value is -1.71. The van der Waals surface area contributed by atoms with Crippen molar-refractivity contribution in [3.05, 3.63) is 23.8 Å². The molecule has 0 fully saturated rings. The number of amides is 1. The molecule has 1 amide bonds. The summed E-state index contributed by atoms with van der Waals surface area (Å²) in [6.45, 7) is 5.52.